The van der Waals surface area contributed by atoms with Crippen LogP contribution in [0.2, 0.25) is 0 Å². The number of aliphatic hydroxyl groups is 1. The number of nitrogens with zero attached hydrogens (tertiary/aromatic N) is 1. The molecule has 1 rings (SSSR count). The van der Waals surface area contributed by atoms with E-state index in [1.54, 1.807) is 0 Å². The highest BCUT2D eigenvalue weighted by Crippen LogP contribution is 2.34. The lowest BCUT2D eigenvalue weighted by Crippen LogP contribution is -2.41. The van der Waals surface area contributed by atoms with Crippen LogP contribution >= 0.6 is 0 Å². The van der Waals surface area contributed by atoms with Crippen LogP contribution in [0.25, 0.3) is 0 Å². The summed E-state index contributed by atoms with van der Waals surface area (Å²) in [7, 11) is 0. The SMILES string of the molecule is CC(C)CN1CCC(C(C)(C)CO)CC1. The molecule has 0 aromatic rings. The molecule has 0 unspecified atom stereocenters. The number of hydrogen-bond acceptors (Lipinski definition) is 2. The van der Waals surface area contributed by atoms with Crippen LogP contribution in [0.5, 0.6) is 0 Å². The topological polar surface area (TPSA) is 23.5 Å². The lowest BCUT2D eigenvalue weighted by atomic mass is 9.74. The van der Waals surface area contributed by atoms with Gasteiger partial charge in [0.1, 0.15) is 0 Å². The van der Waals surface area contributed by atoms with E-state index < -0.39 is 0 Å². The second-order valence-corrected chi connectivity index (χ2v) is 6.12. The highest BCUT2D eigenvalue weighted by atomic mass is 16.3. The molecule has 0 spiro atoms. The predicted octanol–water partition coefficient (Wildman–Crippen LogP) is 2.37. The third kappa shape index (κ3) is 3.76. The average molecular weight is 213 g/mol. The molecule has 1 heterocycles. The van der Waals surface area contributed by atoms with Crippen molar-refractivity contribution in [2.75, 3.05) is 26.2 Å². The van der Waals surface area contributed by atoms with Crippen LogP contribution < -0.4 is 0 Å². The monoisotopic (exact) mass is 213 g/mol. The molecule has 2 nitrogen and oxygen atoms in total. The van der Waals surface area contributed by atoms with E-state index in [0.29, 0.717) is 12.5 Å². The predicted molar refractivity (Wildman–Crippen MR) is 64.9 cm³/mol. The third-order valence-corrected chi connectivity index (χ3v) is 3.72. The Morgan fingerprint density at radius 2 is 1.80 bits per heavy atom. The lowest BCUT2D eigenvalue weighted by Gasteiger charge is -2.40. The van der Waals surface area contributed by atoms with Crippen molar-refractivity contribution >= 4 is 0 Å². The Morgan fingerprint density at radius 1 is 1.27 bits per heavy atom. The largest absolute Gasteiger partial charge is 0.396 e. The van der Waals surface area contributed by atoms with E-state index >= 15 is 0 Å². The molecular formula is C13H27NO. The first-order valence-corrected chi connectivity index (χ1v) is 6.29. The van der Waals surface area contributed by atoms with Crippen LogP contribution in [0, 0.1) is 17.3 Å². The summed E-state index contributed by atoms with van der Waals surface area (Å²) in [5.41, 5.74) is 0.115. The second kappa shape index (κ2) is 5.31. The zero-order chi connectivity index (χ0) is 11.5. The first-order valence-electron chi connectivity index (χ1n) is 6.29. The van der Waals surface area contributed by atoms with E-state index in [1.165, 1.54) is 32.5 Å². The molecule has 0 aromatic carbocycles. The van der Waals surface area contributed by atoms with Gasteiger partial charge in [-0.25, -0.2) is 0 Å². The maximum absolute atomic E-state index is 9.34. The van der Waals surface area contributed by atoms with E-state index in [-0.39, 0.29) is 5.41 Å². The summed E-state index contributed by atoms with van der Waals surface area (Å²) in [4.78, 5) is 2.56. The van der Waals surface area contributed by atoms with Crippen molar-refractivity contribution in [2.24, 2.45) is 17.3 Å². The molecule has 1 fully saturated rings. The lowest BCUT2D eigenvalue weighted by molar-refractivity contribution is 0.0463. The maximum Gasteiger partial charge on any atom is 0.0484 e. The Morgan fingerprint density at radius 3 is 2.20 bits per heavy atom. The van der Waals surface area contributed by atoms with Crippen molar-refractivity contribution in [3.05, 3.63) is 0 Å². The van der Waals surface area contributed by atoms with Crippen molar-refractivity contribution in [3.63, 3.8) is 0 Å². The van der Waals surface area contributed by atoms with Crippen LogP contribution in [-0.2, 0) is 0 Å². The highest BCUT2D eigenvalue weighted by Gasteiger charge is 2.31. The third-order valence-electron chi connectivity index (χ3n) is 3.72. The van der Waals surface area contributed by atoms with Crippen molar-refractivity contribution < 1.29 is 5.11 Å². The number of rotatable bonds is 4. The van der Waals surface area contributed by atoms with Crippen LogP contribution in [0.4, 0.5) is 0 Å². The molecule has 0 aliphatic carbocycles. The van der Waals surface area contributed by atoms with Gasteiger partial charge in [-0.05, 0) is 43.2 Å². The van der Waals surface area contributed by atoms with Gasteiger partial charge in [-0.1, -0.05) is 27.7 Å². The number of likely N-dealkylation sites (tertiary alicyclic amines) is 1. The zero-order valence-corrected chi connectivity index (χ0v) is 10.8. The van der Waals surface area contributed by atoms with Gasteiger partial charge in [0.15, 0.2) is 0 Å². The average Bonchev–Trinajstić information content (AvgIpc) is 2.18. The fourth-order valence-corrected chi connectivity index (χ4v) is 2.54. The van der Waals surface area contributed by atoms with Gasteiger partial charge in [0.25, 0.3) is 0 Å². The smallest absolute Gasteiger partial charge is 0.0484 e. The Bertz CT molecular complexity index is 181. The van der Waals surface area contributed by atoms with Gasteiger partial charge in [0.05, 0.1) is 0 Å². The first-order chi connectivity index (χ1) is 6.95. The van der Waals surface area contributed by atoms with E-state index in [0.717, 1.165) is 5.92 Å². The molecule has 1 N–H and O–H groups in total. The Kier molecular flexibility index (Phi) is 4.60. The van der Waals surface area contributed by atoms with Crippen LogP contribution in [0.3, 0.4) is 0 Å². The summed E-state index contributed by atoms with van der Waals surface area (Å²) in [6.07, 6.45) is 2.50. The van der Waals surface area contributed by atoms with Crippen molar-refractivity contribution in [2.45, 2.75) is 40.5 Å². The minimum atomic E-state index is 0.115. The molecule has 90 valence electrons. The first kappa shape index (κ1) is 13.0. The highest BCUT2D eigenvalue weighted by molar-refractivity contribution is 4.83. The number of aliphatic hydroxyl groups excluding tert-OH is 1. The van der Waals surface area contributed by atoms with E-state index in [1.807, 2.05) is 0 Å². The van der Waals surface area contributed by atoms with Gasteiger partial charge in [-0.15, -0.1) is 0 Å². The quantitative estimate of drug-likeness (QED) is 0.775. The summed E-state index contributed by atoms with van der Waals surface area (Å²) in [6.45, 7) is 12.9. The number of piperidine rings is 1. The molecule has 15 heavy (non-hydrogen) atoms. The molecule has 0 aromatic heterocycles. The standard InChI is InChI=1S/C13H27NO/c1-11(2)9-14-7-5-12(6-8-14)13(3,4)10-15/h11-12,15H,5-10H2,1-4H3. The minimum absolute atomic E-state index is 0.115. The van der Waals surface area contributed by atoms with Crippen molar-refractivity contribution in [1.29, 1.82) is 0 Å². The van der Waals surface area contributed by atoms with Crippen molar-refractivity contribution in [3.8, 4) is 0 Å². The second-order valence-electron chi connectivity index (χ2n) is 6.12. The summed E-state index contributed by atoms with van der Waals surface area (Å²) in [6, 6.07) is 0. The fourth-order valence-electron chi connectivity index (χ4n) is 2.54. The van der Waals surface area contributed by atoms with E-state index in [2.05, 4.69) is 32.6 Å². The Labute approximate surface area is 94.7 Å². The normalized spacial score (nSPS) is 21.2. The molecule has 0 amide bonds. The molecule has 2 heteroatoms. The summed E-state index contributed by atoms with van der Waals surface area (Å²) in [5, 5.41) is 9.34. The Hall–Kier alpha value is -0.0800. The fraction of sp³-hybridized carbons (Fsp3) is 1.00. The maximum atomic E-state index is 9.34. The van der Waals surface area contributed by atoms with E-state index in [9.17, 15) is 5.11 Å². The number of hydrogen-bond donors (Lipinski definition) is 1. The van der Waals surface area contributed by atoms with Gasteiger partial charge < -0.3 is 10.0 Å². The van der Waals surface area contributed by atoms with Crippen LogP contribution in [0.1, 0.15) is 40.5 Å². The zero-order valence-electron chi connectivity index (χ0n) is 10.8. The van der Waals surface area contributed by atoms with Gasteiger partial charge in [0, 0.05) is 13.2 Å². The summed E-state index contributed by atoms with van der Waals surface area (Å²) >= 11 is 0. The Balaban J connectivity index is 2.36. The van der Waals surface area contributed by atoms with E-state index in [4.69, 9.17) is 0 Å². The molecule has 0 bridgehead atoms. The molecule has 1 aliphatic rings. The van der Waals surface area contributed by atoms with Crippen molar-refractivity contribution in [1.82, 2.24) is 4.90 Å². The van der Waals surface area contributed by atoms with Crippen LogP contribution in [0.15, 0.2) is 0 Å². The van der Waals surface area contributed by atoms with Gasteiger partial charge >= 0.3 is 0 Å². The molecule has 1 aliphatic heterocycles. The summed E-state index contributed by atoms with van der Waals surface area (Å²) < 4.78 is 0. The minimum Gasteiger partial charge on any atom is -0.396 e. The molecular weight excluding hydrogens is 186 g/mol. The van der Waals surface area contributed by atoms with Crippen LogP contribution in [-0.4, -0.2) is 36.2 Å². The molecule has 0 atom stereocenters. The molecule has 0 saturated carbocycles. The molecule has 0 radical (unpaired) electrons. The van der Waals surface area contributed by atoms with Gasteiger partial charge in [-0.3, -0.25) is 0 Å². The summed E-state index contributed by atoms with van der Waals surface area (Å²) in [5.74, 6) is 1.47. The van der Waals surface area contributed by atoms with Gasteiger partial charge in [-0.2, -0.15) is 0 Å². The van der Waals surface area contributed by atoms with Gasteiger partial charge in [0.2, 0.25) is 0 Å². The molecule has 1 saturated heterocycles.